The summed E-state index contributed by atoms with van der Waals surface area (Å²) in [6.45, 7) is 2.30. The highest BCUT2D eigenvalue weighted by Crippen LogP contribution is 2.29. The van der Waals surface area contributed by atoms with Crippen molar-refractivity contribution >= 4 is 34.5 Å². The van der Waals surface area contributed by atoms with Gasteiger partial charge in [-0.2, -0.15) is 5.10 Å². The third-order valence-corrected chi connectivity index (χ3v) is 5.62. The molecule has 166 valence electrons. The van der Waals surface area contributed by atoms with Gasteiger partial charge in [0.25, 0.3) is 5.91 Å². The van der Waals surface area contributed by atoms with Crippen LogP contribution in [0.4, 0.5) is 0 Å². The summed E-state index contributed by atoms with van der Waals surface area (Å²) in [7, 11) is 1.59. The quantitative estimate of drug-likeness (QED) is 0.267. The predicted octanol–water partition coefficient (Wildman–Crippen LogP) is 6.15. The van der Waals surface area contributed by atoms with Crippen molar-refractivity contribution in [1.29, 1.82) is 0 Å². The molecular formula is C27H23ClN2O3. The lowest BCUT2D eigenvalue weighted by molar-refractivity contribution is 0.0955. The number of hydrogen-bond acceptors (Lipinski definition) is 4. The molecule has 0 fully saturated rings. The first kappa shape index (κ1) is 22.4. The van der Waals surface area contributed by atoms with Crippen LogP contribution in [-0.2, 0) is 6.61 Å². The Labute approximate surface area is 197 Å². The molecule has 0 saturated heterocycles. The molecule has 0 radical (unpaired) electrons. The number of nitrogens with zero attached hydrogens (tertiary/aromatic N) is 1. The van der Waals surface area contributed by atoms with Crippen LogP contribution in [0.3, 0.4) is 0 Å². The highest BCUT2D eigenvalue weighted by Gasteiger charge is 2.08. The number of rotatable bonds is 7. The van der Waals surface area contributed by atoms with Crippen LogP contribution in [0.25, 0.3) is 10.8 Å². The number of hydrazone groups is 1. The molecule has 5 nitrogen and oxygen atoms in total. The topological polar surface area (TPSA) is 59.9 Å². The lowest BCUT2D eigenvalue weighted by Crippen LogP contribution is -2.17. The number of ether oxygens (including phenoxy) is 2. The lowest BCUT2D eigenvalue weighted by Gasteiger charge is -2.12. The smallest absolute Gasteiger partial charge is 0.271 e. The number of benzene rings is 4. The van der Waals surface area contributed by atoms with E-state index in [1.807, 2.05) is 31.2 Å². The maximum absolute atomic E-state index is 12.2. The van der Waals surface area contributed by atoms with E-state index in [0.29, 0.717) is 28.7 Å². The van der Waals surface area contributed by atoms with Crippen molar-refractivity contribution in [3.8, 4) is 11.5 Å². The summed E-state index contributed by atoms with van der Waals surface area (Å²) in [5, 5.41) is 6.94. The maximum atomic E-state index is 12.2. The number of aryl methyl sites for hydroxylation is 1. The van der Waals surface area contributed by atoms with E-state index in [1.165, 1.54) is 10.8 Å². The van der Waals surface area contributed by atoms with E-state index in [2.05, 4.69) is 40.9 Å². The van der Waals surface area contributed by atoms with Gasteiger partial charge in [0.2, 0.25) is 0 Å². The zero-order chi connectivity index (χ0) is 23.2. The molecule has 0 heterocycles. The third-order valence-electron chi connectivity index (χ3n) is 5.21. The van der Waals surface area contributed by atoms with E-state index in [9.17, 15) is 4.79 Å². The van der Waals surface area contributed by atoms with E-state index >= 15 is 0 Å². The summed E-state index contributed by atoms with van der Waals surface area (Å²) in [6, 6.07) is 25.1. The summed E-state index contributed by atoms with van der Waals surface area (Å²) in [5.41, 5.74) is 5.68. The second kappa shape index (κ2) is 10.2. The maximum Gasteiger partial charge on any atom is 0.271 e. The van der Waals surface area contributed by atoms with E-state index in [-0.39, 0.29) is 5.91 Å². The highest BCUT2D eigenvalue weighted by molar-refractivity contribution is 6.31. The number of carbonyl (C=O) groups excluding carboxylic acids is 1. The van der Waals surface area contributed by atoms with E-state index < -0.39 is 0 Å². The van der Waals surface area contributed by atoms with Crippen molar-refractivity contribution in [3.63, 3.8) is 0 Å². The van der Waals surface area contributed by atoms with Crippen LogP contribution >= 0.6 is 11.6 Å². The van der Waals surface area contributed by atoms with Crippen LogP contribution < -0.4 is 14.9 Å². The van der Waals surface area contributed by atoms with Gasteiger partial charge in [-0.3, -0.25) is 4.79 Å². The number of amides is 1. The average Bonchev–Trinajstić information content (AvgIpc) is 2.84. The molecule has 0 spiro atoms. The number of fused-ring (bicyclic) bond motifs is 1. The Morgan fingerprint density at radius 1 is 0.970 bits per heavy atom. The van der Waals surface area contributed by atoms with Crippen molar-refractivity contribution in [2.45, 2.75) is 13.5 Å². The molecule has 0 saturated carbocycles. The summed E-state index contributed by atoms with van der Waals surface area (Å²) in [5.74, 6) is 0.868. The molecule has 0 unspecified atom stereocenters. The minimum absolute atomic E-state index is 0.338. The number of carbonyl (C=O) groups is 1. The lowest BCUT2D eigenvalue weighted by atomic mass is 10.1. The molecule has 0 bridgehead atoms. The minimum Gasteiger partial charge on any atom is -0.493 e. The van der Waals surface area contributed by atoms with E-state index in [4.69, 9.17) is 21.1 Å². The fourth-order valence-electron chi connectivity index (χ4n) is 3.34. The minimum atomic E-state index is -0.338. The van der Waals surface area contributed by atoms with Crippen molar-refractivity contribution in [2.24, 2.45) is 5.10 Å². The van der Waals surface area contributed by atoms with Crippen LogP contribution in [0, 0.1) is 6.92 Å². The van der Waals surface area contributed by atoms with Crippen LogP contribution in [0.5, 0.6) is 11.5 Å². The zero-order valence-electron chi connectivity index (χ0n) is 18.3. The van der Waals surface area contributed by atoms with Gasteiger partial charge in [-0.25, -0.2) is 5.43 Å². The van der Waals surface area contributed by atoms with Gasteiger partial charge in [0.15, 0.2) is 11.5 Å². The van der Waals surface area contributed by atoms with Crippen molar-refractivity contribution in [3.05, 3.63) is 106 Å². The van der Waals surface area contributed by atoms with Crippen molar-refractivity contribution in [1.82, 2.24) is 5.43 Å². The second-order valence-corrected chi connectivity index (χ2v) is 7.95. The Balaban J connectivity index is 1.40. The monoisotopic (exact) mass is 458 g/mol. The fourth-order valence-corrected chi connectivity index (χ4v) is 3.52. The molecule has 33 heavy (non-hydrogen) atoms. The van der Waals surface area contributed by atoms with Gasteiger partial charge in [0.05, 0.1) is 13.3 Å². The van der Waals surface area contributed by atoms with E-state index in [0.717, 1.165) is 16.7 Å². The van der Waals surface area contributed by atoms with Crippen LogP contribution in [0.15, 0.2) is 84.0 Å². The second-order valence-electron chi connectivity index (χ2n) is 7.54. The van der Waals surface area contributed by atoms with Crippen LogP contribution in [-0.4, -0.2) is 19.2 Å². The predicted molar refractivity (Wildman–Crippen MR) is 133 cm³/mol. The van der Waals surface area contributed by atoms with Gasteiger partial charge < -0.3 is 9.47 Å². The van der Waals surface area contributed by atoms with Gasteiger partial charge in [-0.1, -0.05) is 54.1 Å². The van der Waals surface area contributed by atoms with Crippen LogP contribution in [0.1, 0.15) is 27.0 Å². The van der Waals surface area contributed by atoms with Gasteiger partial charge in [-0.05, 0) is 70.8 Å². The molecular weight excluding hydrogens is 436 g/mol. The normalized spacial score (nSPS) is 11.0. The molecule has 1 N–H and O–H groups in total. The molecule has 0 aliphatic carbocycles. The first-order valence-electron chi connectivity index (χ1n) is 10.4. The third kappa shape index (κ3) is 5.51. The summed E-state index contributed by atoms with van der Waals surface area (Å²) in [4.78, 5) is 12.2. The molecule has 1 amide bonds. The molecule has 0 aliphatic heterocycles. The first-order valence-corrected chi connectivity index (χ1v) is 10.8. The fraction of sp³-hybridized carbons (Fsp3) is 0.111. The largest absolute Gasteiger partial charge is 0.493 e. The molecule has 4 rings (SSSR count). The first-order chi connectivity index (χ1) is 16.0. The number of halogens is 1. The Bertz CT molecular complexity index is 1330. The SMILES string of the molecule is COc1cc(/C=N\NC(=O)c2ccc(C)c(Cl)c2)ccc1OCc1ccc2ccccc2c1. The molecule has 0 aromatic heterocycles. The zero-order valence-corrected chi connectivity index (χ0v) is 19.1. The molecule has 6 heteroatoms. The summed E-state index contributed by atoms with van der Waals surface area (Å²) < 4.78 is 11.5. The Kier molecular flexibility index (Phi) is 6.91. The van der Waals surface area contributed by atoms with Gasteiger partial charge in [0, 0.05) is 10.6 Å². The average molecular weight is 459 g/mol. The molecule has 0 aliphatic rings. The Morgan fingerprint density at radius 2 is 1.79 bits per heavy atom. The van der Waals surface area contributed by atoms with Crippen LogP contribution in [0.2, 0.25) is 5.02 Å². The standard InChI is InChI=1S/C27H23ClN2O3/c1-18-7-10-23(15-24(18)28)27(31)30-29-16-19-9-12-25(26(14-19)32-2)33-17-20-8-11-21-5-3-4-6-22(21)13-20/h3-16H,17H2,1-2H3,(H,30,31)/b29-16-. The Morgan fingerprint density at radius 3 is 2.58 bits per heavy atom. The summed E-state index contributed by atoms with van der Waals surface area (Å²) in [6.07, 6.45) is 1.54. The number of hydrogen-bond donors (Lipinski definition) is 1. The van der Waals surface area contributed by atoms with E-state index in [1.54, 1.807) is 37.6 Å². The number of methoxy groups -OCH3 is 1. The van der Waals surface area contributed by atoms with Gasteiger partial charge in [-0.15, -0.1) is 0 Å². The van der Waals surface area contributed by atoms with Crippen molar-refractivity contribution in [2.75, 3.05) is 7.11 Å². The van der Waals surface area contributed by atoms with Gasteiger partial charge in [0.1, 0.15) is 6.61 Å². The number of nitrogens with one attached hydrogen (secondary N) is 1. The summed E-state index contributed by atoms with van der Waals surface area (Å²) >= 11 is 6.08. The molecule has 4 aromatic carbocycles. The molecule has 4 aromatic rings. The highest BCUT2D eigenvalue weighted by atomic mass is 35.5. The van der Waals surface area contributed by atoms with Crippen molar-refractivity contribution < 1.29 is 14.3 Å². The Hall–Kier alpha value is -3.83. The molecule has 0 atom stereocenters. The van der Waals surface area contributed by atoms with Gasteiger partial charge >= 0.3 is 0 Å².